The van der Waals surface area contributed by atoms with E-state index in [1.807, 2.05) is 25.1 Å². The van der Waals surface area contributed by atoms with Crippen LogP contribution in [0, 0.1) is 0 Å². The summed E-state index contributed by atoms with van der Waals surface area (Å²) in [7, 11) is -2.22. The lowest BCUT2D eigenvalue weighted by Gasteiger charge is -2.32. The second-order valence-electron chi connectivity index (χ2n) is 6.41. The van der Waals surface area contributed by atoms with Crippen LogP contribution in [0.25, 0.3) is 0 Å². The normalized spacial score (nSPS) is 12.4. The lowest BCUT2D eigenvalue weighted by atomic mass is 10.3. The Morgan fingerprint density at radius 1 is 0.741 bits per heavy atom. The highest BCUT2D eigenvalue weighted by molar-refractivity contribution is 7.96. The maximum atomic E-state index is 13.1. The van der Waals surface area contributed by atoms with Crippen LogP contribution in [0.4, 0.5) is 0 Å². The number of hydrogen-bond donors (Lipinski definition) is 0. The monoisotopic (exact) mass is 377 g/mol. The minimum atomic E-state index is -2.22. The van der Waals surface area contributed by atoms with E-state index in [0.29, 0.717) is 6.61 Å². The van der Waals surface area contributed by atoms with E-state index in [2.05, 4.69) is 79.7 Å². The van der Waals surface area contributed by atoms with Crippen LogP contribution in [0.3, 0.4) is 0 Å². The molecule has 0 aromatic heterocycles. The standard InChI is InChI=1S/C24H26O2P/c1-3-23(24(25)26-4-2)27(20-14-8-5-9-15-20,21-16-10-6-11-17-21)22-18-12-7-13-19-22/h5-19,23H,3-4H2,1-2H3/q+1/t23-/m1/s1. The number of rotatable bonds is 7. The Kier molecular flexibility index (Phi) is 6.42. The summed E-state index contributed by atoms with van der Waals surface area (Å²) in [6.07, 6.45) is 0.727. The van der Waals surface area contributed by atoms with Crippen LogP contribution in [-0.2, 0) is 9.53 Å². The maximum absolute atomic E-state index is 13.1. The predicted molar refractivity (Wildman–Crippen MR) is 116 cm³/mol. The maximum Gasteiger partial charge on any atom is 0.348 e. The molecule has 0 unspecified atom stereocenters. The number of carbonyl (C=O) groups is 1. The molecule has 0 saturated heterocycles. The fraction of sp³-hybridized carbons (Fsp3) is 0.208. The number of benzene rings is 3. The van der Waals surface area contributed by atoms with Crippen molar-refractivity contribution in [2.75, 3.05) is 6.61 Å². The zero-order valence-corrected chi connectivity index (χ0v) is 16.8. The van der Waals surface area contributed by atoms with Crippen LogP contribution in [-0.4, -0.2) is 18.2 Å². The molecule has 0 radical (unpaired) electrons. The van der Waals surface area contributed by atoms with E-state index < -0.39 is 7.26 Å². The van der Waals surface area contributed by atoms with Gasteiger partial charge in [0.15, 0.2) is 5.66 Å². The van der Waals surface area contributed by atoms with Gasteiger partial charge in [-0.3, -0.25) is 0 Å². The molecule has 27 heavy (non-hydrogen) atoms. The summed E-state index contributed by atoms with van der Waals surface area (Å²) in [5, 5.41) is 3.63. The Bertz CT molecular complexity index is 751. The van der Waals surface area contributed by atoms with E-state index in [0.717, 1.165) is 6.42 Å². The molecule has 0 aliphatic carbocycles. The number of esters is 1. The highest BCUT2D eigenvalue weighted by atomic mass is 31.2. The van der Waals surface area contributed by atoms with Gasteiger partial charge in [0, 0.05) is 0 Å². The molecule has 0 aliphatic heterocycles. The Balaban J connectivity index is 2.37. The van der Waals surface area contributed by atoms with Gasteiger partial charge in [0.2, 0.25) is 0 Å². The molecular weight excluding hydrogens is 351 g/mol. The molecule has 0 saturated carbocycles. The van der Waals surface area contributed by atoms with Gasteiger partial charge in [-0.05, 0) is 49.7 Å². The molecule has 3 aromatic carbocycles. The largest absolute Gasteiger partial charge is 0.463 e. The molecular formula is C24H26O2P+. The van der Waals surface area contributed by atoms with Crippen molar-refractivity contribution in [3.63, 3.8) is 0 Å². The van der Waals surface area contributed by atoms with Gasteiger partial charge in [-0.25, -0.2) is 4.79 Å². The molecule has 0 amide bonds. The van der Waals surface area contributed by atoms with Crippen molar-refractivity contribution in [3.8, 4) is 0 Å². The van der Waals surface area contributed by atoms with Crippen LogP contribution in [0.5, 0.6) is 0 Å². The summed E-state index contributed by atoms with van der Waals surface area (Å²) >= 11 is 0. The third-order valence-corrected chi connectivity index (χ3v) is 9.75. The second kappa shape index (κ2) is 8.97. The number of ether oxygens (including phenoxy) is 1. The third-order valence-electron chi connectivity index (χ3n) is 4.90. The highest BCUT2D eigenvalue weighted by Gasteiger charge is 2.55. The van der Waals surface area contributed by atoms with Crippen molar-refractivity contribution in [2.45, 2.75) is 25.9 Å². The fourth-order valence-electron chi connectivity index (χ4n) is 3.81. The number of carbonyl (C=O) groups excluding carboxylic acids is 1. The zero-order valence-electron chi connectivity index (χ0n) is 15.9. The van der Waals surface area contributed by atoms with Gasteiger partial charge in [-0.1, -0.05) is 61.5 Å². The van der Waals surface area contributed by atoms with Crippen LogP contribution >= 0.6 is 7.26 Å². The van der Waals surface area contributed by atoms with Gasteiger partial charge in [-0.2, -0.15) is 0 Å². The van der Waals surface area contributed by atoms with Crippen molar-refractivity contribution in [1.82, 2.24) is 0 Å². The minimum absolute atomic E-state index is 0.107. The van der Waals surface area contributed by atoms with E-state index in [9.17, 15) is 4.79 Å². The summed E-state index contributed by atoms with van der Waals surface area (Å²) < 4.78 is 5.55. The van der Waals surface area contributed by atoms with Gasteiger partial charge in [0.05, 0.1) is 6.61 Å². The Morgan fingerprint density at radius 2 is 1.11 bits per heavy atom. The van der Waals surface area contributed by atoms with E-state index in [-0.39, 0.29) is 11.6 Å². The van der Waals surface area contributed by atoms with Gasteiger partial charge >= 0.3 is 5.97 Å². The van der Waals surface area contributed by atoms with E-state index in [1.165, 1.54) is 15.9 Å². The molecule has 0 aliphatic rings. The van der Waals surface area contributed by atoms with Crippen LogP contribution < -0.4 is 15.9 Å². The van der Waals surface area contributed by atoms with Gasteiger partial charge in [0.1, 0.15) is 23.2 Å². The second-order valence-corrected chi connectivity index (χ2v) is 10.0. The predicted octanol–water partition coefficient (Wildman–Crippen LogP) is 4.32. The summed E-state index contributed by atoms with van der Waals surface area (Å²) in [4.78, 5) is 13.1. The first-order chi connectivity index (χ1) is 13.2. The minimum Gasteiger partial charge on any atom is -0.463 e. The van der Waals surface area contributed by atoms with Crippen LogP contribution in [0.15, 0.2) is 91.0 Å². The zero-order chi connectivity index (χ0) is 19.1. The van der Waals surface area contributed by atoms with Gasteiger partial charge < -0.3 is 4.74 Å². The van der Waals surface area contributed by atoms with Crippen molar-refractivity contribution in [3.05, 3.63) is 91.0 Å². The average molecular weight is 377 g/mol. The van der Waals surface area contributed by atoms with Crippen molar-refractivity contribution in [1.29, 1.82) is 0 Å². The molecule has 0 heterocycles. The Morgan fingerprint density at radius 3 is 1.41 bits per heavy atom. The molecule has 138 valence electrons. The van der Waals surface area contributed by atoms with Crippen molar-refractivity contribution in [2.24, 2.45) is 0 Å². The highest BCUT2D eigenvalue weighted by Crippen LogP contribution is 2.61. The smallest absolute Gasteiger partial charge is 0.348 e. The van der Waals surface area contributed by atoms with E-state index in [1.54, 1.807) is 0 Å². The molecule has 0 spiro atoms. The van der Waals surface area contributed by atoms with E-state index >= 15 is 0 Å². The van der Waals surface area contributed by atoms with Crippen molar-refractivity contribution >= 4 is 29.1 Å². The Labute approximate surface area is 162 Å². The van der Waals surface area contributed by atoms with Crippen molar-refractivity contribution < 1.29 is 9.53 Å². The molecule has 0 N–H and O–H groups in total. The molecule has 3 rings (SSSR count). The van der Waals surface area contributed by atoms with Gasteiger partial charge in [0.25, 0.3) is 0 Å². The molecule has 2 nitrogen and oxygen atoms in total. The topological polar surface area (TPSA) is 26.3 Å². The molecule has 3 aromatic rings. The first-order valence-electron chi connectivity index (χ1n) is 9.47. The lowest BCUT2D eigenvalue weighted by Crippen LogP contribution is -2.42. The van der Waals surface area contributed by atoms with Gasteiger partial charge in [-0.15, -0.1) is 0 Å². The molecule has 0 fully saturated rings. The summed E-state index contributed by atoms with van der Waals surface area (Å²) in [5.74, 6) is -0.107. The average Bonchev–Trinajstić information content (AvgIpc) is 2.74. The molecule has 1 atom stereocenters. The quantitative estimate of drug-likeness (QED) is 0.453. The SMILES string of the molecule is CCOC(=O)[C@@H](CC)[P+](c1ccccc1)(c1ccccc1)c1ccccc1. The summed E-state index contributed by atoms with van der Waals surface area (Å²) in [6, 6.07) is 31.4. The lowest BCUT2D eigenvalue weighted by molar-refractivity contribution is -0.142. The number of hydrogen-bond acceptors (Lipinski definition) is 2. The first kappa shape index (κ1) is 19.3. The van der Waals surface area contributed by atoms with Crippen LogP contribution in [0.1, 0.15) is 20.3 Å². The first-order valence-corrected chi connectivity index (χ1v) is 11.3. The van der Waals surface area contributed by atoms with Crippen LogP contribution in [0.2, 0.25) is 0 Å². The molecule has 0 bridgehead atoms. The summed E-state index contributed by atoms with van der Waals surface area (Å²) in [5.41, 5.74) is -0.218. The molecule has 3 heteroatoms. The Hall–Kier alpha value is -2.44. The van der Waals surface area contributed by atoms with E-state index in [4.69, 9.17) is 4.74 Å². The fourth-order valence-corrected chi connectivity index (χ4v) is 8.65. The third kappa shape index (κ3) is 3.68. The summed E-state index contributed by atoms with van der Waals surface area (Å²) in [6.45, 7) is 4.36.